The van der Waals surface area contributed by atoms with Crippen LogP contribution in [0, 0.1) is 6.92 Å². The Bertz CT molecular complexity index is 1070. The first-order valence-corrected chi connectivity index (χ1v) is 9.46. The number of rotatable bonds is 5. The van der Waals surface area contributed by atoms with Crippen LogP contribution in [0.4, 0.5) is 5.69 Å². The fourth-order valence-electron chi connectivity index (χ4n) is 2.33. The second-order valence-electron chi connectivity index (χ2n) is 5.99. The minimum Gasteiger partial charge on any atom is -0.334 e. The Hall–Kier alpha value is -3.04. The fraction of sp³-hybridized carbons (Fsp3) is 0.167. The molecule has 0 saturated carbocycles. The highest BCUT2D eigenvalue weighted by Gasteiger charge is 2.18. The van der Waals surface area contributed by atoms with Gasteiger partial charge in [-0.25, -0.2) is 12.7 Å². The molecule has 1 N–H and O–H groups in total. The lowest BCUT2D eigenvalue weighted by molar-refractivity contribution is 0.102. The summed E-state index contributed by atoms with van der Waals surface area (Å²) in [4.78, 5) is 16.7. The van der Waals surface area contributed by atoms with Crippen LogP contribution in [0.1, 0.15) is 16.2 Å². The number of amides is 1. The molecule has 1 amide bonds. The van der Waals surface area contributed by atoms with Crippen molar-refractivity contribution in [1.29, 1.82) is 0 Å². The standard InChI is InChI=1S/C18H18N4O4S/c1-12-19-18(26-21-12)14-9-7-13(8-10-14)17(23)20-15-5-4-6-16(11-15)27(24,25)22(2)3/h4-11H,1-3H3,(H,20,23). The first-order chi connectivity index (χ1) is 12.8. The molecule has 27 heavy (non-hydrogen) atoms. The molecule has 0 radical (unpaired) electrons. The molecule has 0 fully saturated rings. The second-order valence-corrected chi connectivity index (χ2v) is 8.15. The molecule has 0 aliphatic carbocycles. The average molecular weight is 386 g/mol. The van der Waals surface area contributed by atoms with Gasteiger partial charge in [-0.2, -0.15) is 4.98 Å². The van der Waals surface area contributed by atoms with Gasteiger partial charge in [0.1, 0.15) is 0 Å². The van der Waals surface area contributed by atoms with E-state index in [1.165, 1.54) is 26.2 Å². The van der Waals surface area contributed by atoms with Crippen LogP contribution in [-0.4, -0.2) is 42.9 Å². The number of hydrogen-bond acceptors (Lipinski definition) is 6. The third kappa shape index (κ3) is 4.04. The molecular formula is C18H18N4O4S. The van der Waals surface area contributed by atoms with Crippen molar-refractivity contribution >= 4 is 21.6 Å². The first kappa shape index (κ1) is 18.7. The predicted octanol–water partition coefficient (Wildman–Crippen LogP) is 2.55. The lowest BCUT2D eigenvalue weighted by Crippen LogP contribution is -2.22. The van der Waals surface area contributed by atoms with Crippen LogP contribution in [0.15, 0.2) is 57.9 Å². The smallest absolute Gasteiger partial charge is 0.257 e. The van der Waals surface area contributed by atoms with Crippen molar-refractivity contribution in [3.8, 4) is 11.5 Å². The highest BCUT2D eigenvalue weighted by Crippen LogP contribution is 2.20. The van der Waals surface area contributed by atoms with Crippen molar-refractivity contribution in [2.45, 2.75) is 11.8 Å². The third-order valence-corrected chi connectivity index (χ3v) is 5.60. The maximum atomic E-state index is 12.4. The topological polar surface area (TPSA) is 105 Å². The quantitative estimate of drug-likeness (QED) is 0.722. The van der Waals surface area contributed by atoms with Crippen LogP contribution in [0.5, 0.6) is 0 Å². The van der Waals surface area contributed by atoms with Crippen molar-refractivity contribution in [1.82, 2.24) is 14.4 Å². The molecule has 0 atom stereocenters. The summed E-state index contributed by atoms with van der Waals surface area (Å²) in [5, 5.41) is 6.43. The monoisotopic (exact) mass is 386 g/mol. The summed E-state index contributed by atoms with van der Waals surface area (Å²) in [6.45, 7) is 1.72. The van der Waals surface area contributed by atoms with E-state index in [1.807, 2.05) is 0 Å². The Balaban J connectivity index is 1.78. The average Bonchev–Trinajstić information content (AvgIpc) is 3.08. The summed E-state index contributed by atoms with van der Waals surface area (Å²) in [6.07, 6.45) is 0. The number of aromatic nitrogens is 2. The van der Waals surface area contributed by atoms with Crippen molar-refractivity contribution < 1.29 is 17.7 Å². The molecule has 9 heteroatoms. The number of nitrogens with zero attached hydrogens (tertiary/aromatic N) is 3. The number of nitrogens with one attached hydrogen (secondary N) is 1. The van der Waals surface area contributed by atoms with Gasteiger partial charge in [-0.3, -0.25) is 4.79 Å². The molecule has 8 nitrogen and oxygen atoms in total. The number of anilines is 1. The molecular weight excluding hydrogens is 368 g/mol. The van der Waals surface area contributed by atoms with Gasteiger partial charge >= 0.3 is 0 Å². The normalized spacial score (nSPS) is 11.6. The van der Waals surface area contributed by atoms with Gasteiger partial charge in [-0.15, -0.1) is 0 Å². The van der Waals surface area contributed by atoms with Crippen molar-refractivity contribution in [2.75, 3.05) is 19.4 Å². The summed E-state index contributed by atoms with van der Waals surface area (Å²) in [5.41, 5.74) is 1.50. The van der Waals surface area contributed by atoms with Gasteiger partial charge in [-0.1, -0.05) is 11.2 Å². The van der Waals surface area contributed by atoms with Crippen molar-refractivity contribution in [2.24, 2.45) is 0 Å². The molecule has 1 aromatic heterocycles. The zero-order chi connectivity index (χ0) is 19.6. The molecule has 1 heterocycles. The lowest BCUT2D eigenvalue weighted by atomic mass is 10.1. The first-order valence-electron chi connectivity index (χ1n) is 8.02. The van der Waals surface area contributed by atoms with Crippen molar-refractivity contribution in [3.05, 3.63) is 59.9 Å². The van der Waals surface area contributed by atoms with E-state index in [4.69, 9.17) is 4.52 Å². The number of aryl methyl sites for hydroxylation is 1. The van der Waals surface area contributed by atoms with Crippen LogP contribution in [0.3, 0.4) is 0 Å². The van der Waals surface area contributed by atoms with E-state index >= 15 is 0 Å². The maximum absolute atomic E-state index is 12.4. The van der Waals surface area contributed by atoms with E-state index in [0.29, 0.717) is 28.5 Å². The van der Waals surface area contributed by atoms with Gasteiger partial charge in [0.15, 0.2) is 5.82 Å². The van der Waals surface area contributed by atoms with Crippen LogP contribution in [-0.2, 0) is 10.0 Å². The number of sulfonamides is 1. The van der Waals surface area contributed by atoms with E-state index in [0.717, 1.165) is 4.31 Å². The highest BCUT2D eigenvalue weighted by molar-refractivity contribution is 7.89. The maximum Gasteiger partial charge on any atom is 0.257 e. The summed E-state index contributed by atoms with van der Waals surface area (Å²) in [5.74, 6) is 0.545. The minimum absolute atomic E-state index is 0.104. The number of benzene rings is 2. The van der Waals surface area contributed by atoms with Crippen LogP contribution in [0.2, 0.25) is 0 Å². The second kappa shape index (κ2) is 7.29. The van der Waals surface area contributed by atoms with Crippen LogP contribution in [0.25, 0.3) is 11.5 Å². The van der Waals surface area contributed by atoms with Crippen LogP contribution >= 0.6 is 0 Å². The van der Waals surface area contributed by atoms with Gasteiger partial charge in [0.25, 0.3) is 11.8 Å². The van der Waals surface area contributed by atoms with Crippen molar-refractivity contribution in [3.63, 3.8) is 0 Å². The fourth-order valence-corrected chi connectivity index (χ4v) is 3.27. The van der Waals surface area contributed by atoms with Gasteiger partial charge in [-0.05, 0) is 49.4 Å². The van der Waals surface area contributed by atoms with E-state index in [1.54, 1.807) is 43.3 Å². The summed E-state index contributed by atoms with van der Waals surface area (Å²) in [7, 11) is -0.673. The molecule has 0 saturated heterocycles. The number of carbonyl (C=O) groups excluding carboxylic acids is 1. The van der Waals surface area contributed by atoms with E-state index in [9.17, 15) is 13.2 Å². The van der Waals surface area contributed by atoms with Crippen LogP contribution < -0.4 is 5.32 Å². The van der Waals surface area contributed by atoms with E-state index < -0.39 is 10.0 Å². The lowest BCUT2D eigenvalue weighted by Gasteiger charge is -2.12. The zero-order valence-electron chi connectivity index (χ0n) is 15.0. The van der Waals surface area contributed by atoms with E-state index in [2.05, 4.69) is 15.5 Å². The molecule has 2 aromatic carbocycles. The Morgan fingerprint density at radius 1 is 1.11 bits per heavy atom. The third-order valence-electron chi connectivity index (χ3n) is 3.79. The van der Waals surface area contributed by atoms with Gasteiger partial charge in [0, 0.05) is 30.9 Å². The minimum atomic E-state index is -3.58. The molecule has 0 bridgehead atoms. The van der Waals surface area contributed by atoms with Gasteiger partial charge in [0.05, 0.1) is 4.90 Å². The molecule has 140 valence electrons. The summed E-state index contributed by atoms with van der Waals surface area (Å²) in [6, 6.07) is 12.8. The number of hydrogen-bond donors (Lipinski definition) is 1. The van der Waals surface area contributed by atoms with Gasteiger partial charge in [0.2, 0.25) is 10.0 Å². The molecule has 3 aromatic rings. The molecule has 0 aliphatic heterocycles. The summed E-state index contributed by atoms with van der Waals surface area (Å²) >= 11 is 0. The molecule has 3 rings (SSSR count). The Morgan fingerprint density at radius 2 is 1.81 bits per heavy atom. The summed E-state index contributed by atoms with van der Waals surface area (Å²) < 4.78 is 30.6. The largest absolute Gasteiger partial charge is 0.334 e. The molecule has 0 unspecified atom stereocenters. The molecule has 0 spiro atoms. The highest BCUT2D eigenvalue weighted by atomic mass is 32.2. The van der Waals surface area contributed by atoms with Gasteiger partial charge < -0.3 is 9.84 Å². The zero-order valence-corrected chi connectivity index (χ0v) is 15.8. The Labute approximate surface area is 156 Å². The Morgan fingerprint density at radius 3 is 2.41 bits per heavy atom. The SMILES string of the molecule is Cc1noc(-c2ccc(C(=O)Nc3cccc(S(=O)(=O)N(C)C)c3)cc2)n1. The molecule has 0 aliphatic rings. The van der Waals surface area contributed by atoms with E-state index in [-0.39, 0.29) is 10.8 Å². The Kier molecular flexibility index (Phi) is 5.06. The predicted molar refractivity (Wildman–Crippen MR) is 99.7 cm³/mol. The number of carbonyl (C=O) groups is 1.